The largest absolute Gasteiger partial charge is 0.353 e. The maximum Gasteiger partial charge on any atom is 0.220 e. The summed E-state index contributed by atoms with van der Waals surface area (Å²) in [4.78, 5) is 11.1. The standard InChI is InChI=1S/C10H20N2O/c1-9(2)6-8-12-10(13)5-3-4-7-11/h6H,3-5,7-8,11H2,1-2H3,(H,12,13). The molecule has 3 heteroatoms. The Morgan fingerprint density at radius 1 is 1.38 bits per heavy atom. The van der Waals surface area contributed by atoms with Crippen LogP contribution in [0.2, 0.25) is 0 Å². The molecule has 76 valence electrons. The number of carbonyl (C=O) groups excluding carboxylic acids is 1. The van der Waals surface area contributed by atoms with E-state index in [1.807, 2.05) is 19.9 Å². The summed E-state index contributed by atoms with van der Waals surface area (Å²) in [5.74, 6) is 0.117. The zero-order valence-corrected chi connectivity index (χ0v) is 8.60. The highest BCUT2D eigenvalue weighted by Crippen LogP contribution is 1.93. The van der Waals surface area contributed by atoms with Gasteiger partial charge in [-0.1, -0.05) is 11.6 Å². The van der Waals surface area contributed by atoms with Gasteiger partial charge in [0.1, 0.15) is 0 Å². The van der Waals surface area contributed by atoms with Crippen LogP contribution in [0.25, 0.3) is 0 Å². The summed E-state index contributed by atoms with van der Waals surface area (Å²) in [6.45, 7) is 5.34. The van der Waals surface area contributed by atoms with E-state index in [1.165, 1.54) is 5.57 Å². The molecular formula is C10H20N2O. The van der Waals surface area contributed by atoms with Crippen molar-refractivity contribution in [2.24, 2.45) is 5.73 Å². The van der Waals surface area contributed by atoms with Gasteiger partial charge in [-0.25, -0.2) is 0 Å². The van der Waals surface area contributed by atoms with Crippen molar-refractivity contribution < 1.29 is 4.79 Å². The molecule has 0 rings (SSSR count). The number of allylic oxidation sites excluding steroid dienone is 1. The third kappa shape index (κ3) is 9.08. The minimum Gasteiger partial charge on any atom is -0.353 e. The Morgan fingerprint density at radius 2 is 2.08 bits per heavy atom. The van der Waals surface area contributed by atoms with Crippen LogP contribution in [0.1, 0.15) is 33.1 Å². The van der Waals surface area contributed by atoms with Gasteiger partial charge in [-0.15, -0.1) is 0 Å². The van der Waals surface area contributed by atoms with E-state index in [9.17, 15) is 4.79 Å². The van der Waals surface area contributed by atoms with E-state index in [-0.39, 0.29) is 5.91 Å². The van der Waals surface area contributed by atoms with Gasteiger partial charge < -0.3 is 11.1 Å². The predicted octanol–water partition coefficient (Wildman–Crippen LogP) is 1.20. The van der Waals surface area contributed by atoms with Crippen LogP contribution >= 0.6 is 0 Å². The van der Waals surface area contributed by atoms with Crippen molar-refractivity contribution in [1.82, 2.24) is 5.32 Å². The molecule has 3 N–H and O–H groups in total. The second kappa shape index (κ2) is 7.80. The molecule has 0 aromatic carbocycles. The fourth-order valence-corrected chi connectivity index (χ4v) is 0.887. The Bertz CT molecular complexity index is 172. The molecule has 0 heterocycles. The molecule has 0 unspecified atom stereocenters. The van der Waals surface area contributed by atoms with Crippen molar-refractivity contribution in [1.29, 1.82) is 0 Å². The van der Waals surface area contributed by atoms with Crippen LogP contribution < -0.4 is 11.1 Å². The lowest BCUT2D eigenvalue weighted by Crippen LogP contribution is -2.23. The summed E-state index contributed by atoms with van der Waals surface area (Å²) in [6.07, 6.45) is 4.40. The number of hydrogen-bond acceptors (Lipinski definition) is 2. The highest BCUT2D eigenvalue weighted by molar-refractivity contribution is 5.75. The van der Waals surface area contributed by atoms with Crippen LogP contribution in [0.3, 0.4) is 0 Å². The van der Waals surface area contributed by atoms with E-state index in [4.69, 9.17) is 5.73 Å². The highest BCUT2D eigenvalue weighted by Gasteiger charge is 1.97. The van der Waals surface area contributed by atoms with Crippen molar-refractivity contribution in [2.75, 3.05) is 13.1 Å². The molecule has 1 amide bonds. The molecule has 0 fully saturated rings. The lowest BCUT2D eigenvalue weighted by molar-refractivity contribution is -0.120. The van der Waals surface area contributed by atoms with E-state index in [0.717, 1.165) is 12.8 Å². The van der Waals surface area contributed by atoms with Crippen LogP contribution in [-0.4, -0.2) is 19.0 Å². The number of amides is 1. The number of rotatable bonds is 6. The molecular weight excluding hydrogens is 164 g/mol. The number of carbonyl (C=O) groups is 1. The molecule has 0 aromatic heterocycles. The molecule has 0 aliphatic carbocycles. The summed E-state index contributed by atoms with van der Waals surface area (Å²) >= 11 is 0. The lowest BCUT2D eigenvalue weighted by atomic mass is 10.2. The van der Waals surface area contributed by atoms with Crippen molar-refractivity contribution in [3.05, 3.63) is 11.6 Å². The normalized spacial score (nSPS) is 9.46. The Labute approximate surface area is 80.4 Å². The minimum absolute atomic E-state index is 0.117. The van der Waals surface area contributed by atoms with Gasteiger partial charge in [0.2, 0.25) is 5.91 Å². The Hall–Kier alpha value is -0.830. The fraction of sp³-hybridized carbons (Fsp3) is 0.700. The highest BCUT2D eigenvalue weighted by atomic mass is 16.1. The number of nitrogens with two attached hydrogens (primary N) is 1. The molecule has 0 saturated carbocycles. The monoisotopic (exact) mass is 184 g/mol. The zero-order chi connectivity index (χ0) is 10.1. The first-order valence-corrected chi connectivity index (χ1v) is 4.77. The van der Waals surface area contributed by atoms with Crippen LogP contribution in [0.15, 0.2) is 11.6 Å². The maximum absolute atomic E-state index is 11.1. The first-order valence-electron chi connectivity index (χ1n) is 4.77. The molecule has 0 atom stereocenters. The summed E-state index contributed by atoms with van der Waals surface area (Å²) in [5.41, 5.74) is 6.54. The molecule has 0 saturated heterocycles. The van der Waals surface area contributed by atoms with E-state index >= 15 is 0 Å². The summed E-state index contributed by atoms with van der Waals surface area (Å²) in [6, 6.07) is 0. The second-order valence-electron chi connectivity index (χ2n) is 3.33. The van der Waals surface area contributed by atoms with Crippen LogP contribution in [-0.2, 0) is 4.79 Å². The third-order valence-corrected chi connectivity index (χ3v) is 1.67. The van der Waals surface area contributed by atoms with Gasteiger partial charge in [-0.2, -0.15) is 0 Å². The van der Waals surface area contributed by atoms with Gasteiger partial charge in [-0.05, 0) is 33.2 Å². The summed E-state index contributed by atoms with van der Waals surface area (Å²) in [7, 11) is 0. The maximum atomic E-state index is 11.1. The van der Waals surface area contributed by atoms with Crippen LogP contribution in [0, 0.1) is 0 Å². The third-order valence-electron chi connectivity index (χ3n) is 1.67. The van der Waals surface area contributed by atoms with E-state index in [2.05, 4.69) is 5.32 Å². The molecule has 0 aliphatic rings. The minimum atomic E-state index is 0.117. The van der Waals surface area contributed by atoms with E-state index < -0.39 is 0 Å². The van der Waals surface area contributed by atoms with Gasteiger partial charge in [0, 0.05) is 13.0 Å². The van der Waals surface area contributed by atoms with Crippen molar-refractivity contribution in [2.45, 2.75) is 33.1 Å². The average Bonchev–Trinajstić information content (AvgIpc) is 2.04. The van der Waals surface area contributed by atoms with Gasteiger partial charge in [0.15, 0.2) is 0 Å². The Balaban J connectivity index is 3.36. The predicted molar refractivity (Wildman–Crippen MR) is 55.3 cm³/mol. The average molecular weight is 184 g/mol. The molecule has 3 nitrogen and oxygen atoms in total. The van der Waals surface area contributed by atoms with Crippen LogP contribution in [0.4, 0.5) is 0 Å². The van der Waals surface area contributed by atoms with Crippen LogP contribution in [0.5, 0.6) is 0 Å². The van der Waals surface area contributed by atoms with Gasteiger partial charge in [0.05, 0.1) is 0 Å². The van der Waals surface area contributed by atoms with Crippen molar-refractivity contribution in [3.8, 4) is 0 Å². The van der Waals surface area contributed by atoms with Crippen molar-refractivity contribution in [3.63, 3.8) is 0 Å². The number of unbranched alkanes of at least 4 members (excludes halogenated alkanes) is 1. The van der Waals surface area contributed by atoms with Crippen molar-refractivity contribution >= 4 is 5.91 Å². The summed E-state index contributed by atoms with van der Waals surface area (Å²) in [5, 5.41) is 2.82. The quantitative estimate of drug-likeness (QED) is 0.481. The molecule has 0 radical (unpaired) electrons. The fourth-order valence-electron chi connectivity index (χ4n) is 0.887. The molecule has 13 heavy (non-hydrogen) atoms. The Morgan fingerprint density at radius 3 is 2.62 bits per heavy atom. The molecule has 0 aliphatic heterocycles. The number of nitrogens with one attached hydrogen (secondary N) is 1. The Kier molecular flexibility index (Phi) is 7.30. The molecule has 0 spiro atoms. The summed E-state index contributed by atoms with van der Waals surface area (Å²) < 4.78 is 0. The van der Waals surface area contributed by atoms with Gasteiger partial charge >= 0.3 is 0 Å². The molecule has 0 bridgehead atoms. The smallest absolute Gasteiger partial charge is 0.220 e. The topological polar surface area (TPSA) is 55.1 Å². The van der Waals surface area contributed by atoms with Gasteiger partial charge in [0.25, 0.3) is 0 Å². The molecule has 0 aromatic rings. The SMILES string of the molecule is CC(C)=CCNC(=O)CCCCN. The van der Waals surface area contributed by atoms with E-state index in [1.54, 1.807) is 0 Å². The van der Waals surface area contributed by atoms with Gasteiger partial charge in [-0.3, -0.25) is 4.79 Å². The second-order valence-corrected chi connectivity index (χ2v) is 3.33. The lowest BCUT2D eigenvalue weighted by Gasteiger charge is -2.01. The first kappa shape index (κ1) is 12.2. The van der Waals surface area contributed by atoms with E-state index in [0.29, 0.717) is 19.5 Å². The zero-order valence-electron chi connectivity index (χ0n) is 8.60. The first-order chi connectivity index (χ1) is 6.16. The number of hydrogen-bond donors (Lipinski definition) is 2.